The lowest BCUT2D eigenvalue weighted by atomic mass is 10.2. The van der Waals surface area contributed by atoms with Crippen molar-refractivity contribution in [2.45, 2.75) is 5.16 Å². The highest BCUT2D eigenvalue weighted by atomic mass is 32.2. The van der Waals surface area contributed by atoms with Crippen molar-refractivity contribution in [3.05, 3.63) is 78.6 Å². The number of carbonyl (C=O) groups excluding carboxylic acids is 1. The largest absolute Gasteiger partial charge is 0.493 e. The van der Waals surface area contributed by atoms with Crippen molar-refractivity contribution < 1.29 is 14.3 Å². The zero-order valence-corrected chi connectivity index (χ0v) is 19.4. The van der Waals surface area contributed by atoms with E-state index < -0.39 is 0 Å². The molecule has 0 aliphatic heterocycles. The maximum absolute atomic E-state index is 12.3. The minimum Gasteiger partial charge on any atom is -0.493 e. The zero-order chi connectivity index (χ0) is 23.8. The van der Waals surface area contributed by atoms with Gasteiger partial charge in [0.05, 0.1) is 26.2 Å². The van der Waals surface area contributed by atoms with Gasteiger partial charge in [0.15, 0.2) is 22.5 Å². The van der Waals surface area contributed by atoms with Crippen LogP contribution in [0.3, 0.4) is 0 Å². The fraction of sp³-hybridized carbons (Fsp3) is 0.125. The SMILES string of the molecule is COc1ccc(-c2nnc(SCC(=O)N/N=C/c3cccnc3)n2-c2ccccc2)cc1OC. The molecular formula is C24H22N6O3S. The van der Waals surface area contributed by atoms with Gasteiger partial charge in [-0.25, -0.2) is 5.43 Å². The van der Waals surface area contributed by atoms with E-state index >= 15 is 0 Å². The molecule has 0 fully saturated rings. The van der Waals surface area contributed by atoms with Gasteiger partial charge in [-0.2, -0.15) is 5.10 Å². The summed E-state index contributed by atoms with van der Waals surface area (Å²) in [5, 5.41) is 13.3. The van der Waals surface area contributed by atoms with Crippen LogP contribution in [0.15, 0.2) is 83.3 Å². The first kappa shape index (κ1) is 23.0. The molecule has 2 aromatic heterocycles. The minimum atomic E-state index is -0.264. The van der Waals surface area contributed by atoms with Gasteiger partial charge in [0, 0.05) is 29.2 Å². The monoisotopic (exact) mass is 474 g/mol. The van der Waals surface area contributed by atoms with E-state index in [1.165, 1.54) is 18.0 Å². The Balaban J connectivity index is 1.56. The van der Waals surface area contributed by atoms with Crippen LogP contribution in [0.4, 0.5) is 0 Å². The second kappa shape index (κ2) is 11.1. The first-order valence-electron chi connectivity index (χ1n) is 10.3. The Morgan fingerprint density at radius 2 is 1.88 bits per heavy atom. The second-order valence-corrected chi connectivity index (χ2v) is 7.86. The van der Waals surface area contributed by atoms with Crippen LogP contribution in [0, 0.1) is 0 Å². The number of hydrazone groups is 1. The van der Waals surface area contributed by atoms with Gasteiger partial charge >= 0.3 is 0 Å². The smallest absolute Gasteiger partial charge is 0.250 e. The lowest BCUT2D eigenvalue weighted by Crippen LogP contribution is -2.20. The molecule has 0 unspecified atom stereocenters. The number of para-hydroxylation sites is 1. The number of benzene rings is 2. The van der Waals surface area contributed by atoms with Crippen molar-refractivity contribution in [1.82, 2.24) is 25.2 Å². The van der Waals surface area contributed by atoms with E-state index in [4.69, 9.17) is 9.47 Å². The fourth-order valence-corrected chi connectivity index (χ4v) is 3.87. The summed E-state index contributed by atoms with van der Waals surface area (Å²) in [4.78, 5) is 16.3. The van der Waals surface area contributed by atoms with Crippen LogP contribution < -0.4 is 14.9 Å². The molecule has 0 bridgehead atoms. The van der Waals surface area contributed by atoms with Crippen LogP contribution in [0.1, 0.15) is 5.56 Å². The molecule has 10 heteroatoms. The average molecular weight is 475 g/mol. The van der Waals surface area contributed by atoms with Crippen LogP contribution in [0.5, 0.6) is 11.5 Å². The lowest BCUT2D eigenvalue weighted by Gasteiger charge is -2.12. The van der Waals surface area contributed by atoms with Crippen molar-refractivity contribution in [3.63, 3.8) is 0 Å². The number of carbonyl (C=O) groups is 1. The molecule has 0 spiro atoms. The molecule has 0 aliphatic rings. The molecule has 172 valence electrons. The molecule has 34 heavy (non-hydrogen) atoms. The van der Waals surface area contributed by atoms with Gasteiger partial charge in [-0.1, -0.05) is 36.0 Å². The topological polar surface area (TPSA) is 104 Å². The van der Waals surface area contributed by atoms with Crippen molar-refractivity contribution >= 4 is 23.9 Å². The van der Waals surface area contributed by atoms with E-state index in [1.54, 1.807) is 32.7 Å². The Hall–Kier alpha value is -4.18. The standard InChI is InChI=1S/C24H22N6O3S/c1-32-20-11-10-18(13-21(20)33-2)23-28-29-24(30(23)19-8-4-3-5-9-19)34-16-22(31)27-26-15-17-7-6-12-25-14-17/h3-15H,16H2,1-2H3,(H,27,31)/b26-15+. The number of methoxy groups -OCH3 is 2. The summed E-state index contributed by atoms with van der Waals surface area (Å²) in [6.07, 6.45) is 4.87. The molecule has 0 saturated heterocycles. The van der Waals surface area contributed by atoms with Gasteiger partial charge in [0.1, 0.15) is 0 Å². The van der Waals surface area contributed by atoms with Crippen LogP contribution >= 0.6 is 11.8 Å². The molecule has 2 aromatic carbocycles. The Kier molecular flexibility index (Phi) is 7.51. The van der Waals surface area contributed by atoms with Gasteiger partial charge in [-0.15, -0.1) is 10.2 Å². The highest BCUT2D eigenvalue weighted by Gasteiger charge is 2.18. The third-order valence-electron chi connectivity index (χ3n) is 4.71. The molecule has 2 heterocycles. The second-order valence-electron chi connectivity index (χ2n) is 6.92. The molecule has 0 saturated carbocycles. The Bertz CT molecular complexity index is 1280. The number of rotatable bonds is 9. The number of nitrogens with one attached hydrogen (secondary N) is 1. The Morgan fingerprint density at radius 3 is 2.62 bits per heavy atom. The number of hydrogen-bond donors (Lipinski definition) is 1. The van der Waals surface area contributed by atoms with Crippen molar-refractivity contribution in [1.29, 1.82) is 0 Å². The molecule has 0 aliphatic carbocycles. The van der Waals surface area contributed by atoms with Crippen LogP contribution in [-0.4, -0.2) is 51.8 Å². The van der Waals surface area contributed by atoms with E-state index in [-0.39, 0.29) is 11.7 Å². The molecule has 4 aromatic rings. The predicted molar refractivity (Wildman–Crippen MR) is 131 cm³/mol. The molecule has 4 rings (SSSR count). The maximum Gasteiger partial charge on any atom is 0.250 e. The van der Waals surface area contributed by atoms with E-state index in [1.807, 2.05) is 59.2 Å². The number of thioether (sulfide) groups is 1. The molecule has 1 amide bonds. The molecule has 9 nitrogen and oxygen atoms in total. The first-order valence-corrected chi connectivity index (χ1v) is 11.3. The van der Waals surface area contributed by atoms with Gasteiger partial charge in [-0.3, -0.25) is 14.3 Å². The average Bonchev–Trinajstić information content (AvgIpc) is 3.32. The predicted octanol–water partition coefficient (Wildman–Crippen LogP) is 3.59. The van der Waals surface area contributed by atoms with Crippen molar-refractivity contribution in [2.24, 2.45) is 5.10 Å². The summed E-state index contributed by atoms with van der Waals surface area (Å²) >= 11 is 1.26. The molecule has 0 radical (unpaired) electrons. The van der Waals surface area contributed by atoms with E-state index in [0.717, 1.165) is 16.8 Å². The zero-order valence-electron chi connectivity index (χ0n) is 18.6. The third-order valence-corrected chi connectivity index (χ3v) is 5.64. The van der Waals surface area contributed by atoms with Gasteiger partial charge in [0.2, 0.25) is 0 Å². The highest BCUT2D eigenvalue weighted by Crippen LogP contribution is 2.34. The summed E-state index contributed by atoms with van der Waals surface area (Å²) in [7, 11) is 3.17. The van der Waals surface area contributed by atoms with E-state index in [2.05, 4.69) is 25.7 Å². The summed E-state index contributed by atoms with van der Waals surface area (Å²) in [5.41, 5.74) is 4.98. The number of pyridine rings is 1. The number of nitrogens with zero attached hydrogens (tertiary/aromatic N) is 5. The normalized spacial score (nSPS) is 10.9. The maximum atomic E-state index is 12.3. The Labute approximate surface area is 200 Å². The molecular weight excluding hydrogens is 452 g/mol. The van der Waals surface area contributed by atoms with Crippen molar-refractivity contribution in [3.8, 4) is 28.6 Å². The van der Waals surface area contributed by atoms with Crippen molar-refractivity contribution in [2.75, 3.05) is 20.0 Å². The number of amides is 1. The van der Waals surface area contributed by atoms with E-state index in [0.29, 0.717) is 22.5 Å². The van der Waals surface area contributed by atoms with Gasteiger partial charge in [-0.05, 0) is 36.4 Å². The van der Waals surface area contributed by atoms with Crippen LogP contribution in [-0.2, 0) is 4.79 Å². The summed E-state index contributed by atoms with van der Waals surface area (Å²) < 4.78 is 12.7. The quantitative estimate of drug-likeness (QED) is 0.225. The van der Waals surface area contributed by atoms with Gasteiger partial charge in [0.25, 0.3) is 5.91 Å². The lowest BCUT2D eigenvalue weighted by molar-refractivity contribution is -0.118. The highest BCUT2D eigenvalue weighted by molar-refractivity contribution is 7.99. The number of hydrogen-bond acceptors (Lipinski definition) is 8. The Morgan fingerprint density at radius 1 is 1.06 bits per heavy atom. The summed E-state index contributed by atoms with van der Waals surface area (Å²) in [6.45, 7) is 0. The fourth-order valence-electron chi connectivity index (χ4n) is 3.13. The van der Waals surface area contributed by atoms with Crippen LogP contribution in [0.25, 0.3) is 17.1 Å². The molecule has 0 atom stereocenters. The van der Waals surface area contributed by atoms with Gasteiger partial charge < -0.3 is 9.47 Å². The number of ether oxygens (including phenoxy) is 2. The number of aromatic nitrogens is 4. The molecule has 1 N–H and O–H groups in total. The first-order chi connectivity index (χ1) is 16.7. The third kappa shape index (κ3) is 5.41. The van der Waals surface area contributed by atoms with Crippen LogP contribution in [0.2, 0.25) is 0 Å². The summed E-state index contributed by atoms with van der Waals surface area (Å²) in [5.74, 6) is 1.67. The summed E-state index contributed by atoms with van der Waals surface area (Å²) in [6, 6.07) is 18.9. The minimum absolute atomic E-state index is 0.112. The van der Waals surface area contributed by atoms with E-state index in [9.17, 15) is 4.79 Å².